The molecule has 0 saturated carbocycles. The predicted molar refractivity (Wildman–Crippen MR) is 186 cm³/mol. The third kappa shape index (κ3) is 28.6. The average Bonchev–Trinajstić information content (AvgIpc) is 2.87. The number of esters is 2. The van der Waals surface area contributed by atoms with E-state index in [1.807, 2.05) is 53.7 Å². The molecule has 0 bridgehead atoms. The van der Waals surface area contributed by atoms with E-state index in [4.69, 9.17) is 18.9 Å². The van der Waals surface area contributed by atoms with Crippen molar-refractivity contribution in [2.75, 3.05) is 14.2 Å². The van der Waals surface area contributed by atoms with Crippen LogP contribution >= 0.6 is 0 Å². The third-order valence-corrected chi connectivity index (χ3v) is 7.29. The molecule has 2 atom stereocenters. The molecule has 0 saturated heterocycles. The Morgan fingerprint density at radius 1 is 0.614 bits per heavy atom. The largest absolute Gasteiger partial charge is 0.460 e. The van der Waals surface area contributed by atoms with Crippen molar-refractivity contribution in [2.45, 2.75) is 158 Å². The average molecular weight is 621 g/mol. The molecule has 0 aromatic heterocycles. The SMILES string of the molecule is COC(C)(C)CCC[C@H](C)C/C=C/C(C)=C/C(=O)OC(C)C.COC(C)(C)CCC[C@H](C)C/C=C/C(C)=C/C(=O)OC(C)C. The fourth-order valence-electron chi connectivity index (χ4n) is 4.17. The van der Waals surface area contributed by atoms with Crippen molar-refractivity contribution in [3.05, 3.63) is 47.6 Å². The zero-order valence-corrected chi connectivity index (χ0v) is 30.9. The molecule has 0 radical (unpaired) electrons. The van der Waals surface area contributed by atoms with Crippen LogP contribution in [0.4, 0.5) is 0 Å². The molecule has 0 N–H and O–H groups in total. The lowest BCUT2D eigenvalue weighted by Gasteiger charge is -2.23. The fourth-order valence-corrected chi connectivity index (χ4v) is 4.17. The van der Waals surface area contributed by atoms with Gasteiger partial charge in [-0.25, -0.2) is 9.59 Å². The molecule has 0 amide bonds. The number of hydrogen-bond acceptors (Lipinski definition) is 6. The summed E-state index contributed by atoms with van der Waals surface area (Å²) in [4.78, 5) is 23.0. The highest BCUT2D eigenvalue weighted by Gasteiger charge is 2.16. The van der Waals surface area contributed by atoms with Gasteiger partial charge in [-0.15, -0.1) is 0 Å². The molecule has 0 spiro atoms. The molecule has 6 nitrogen and oxygen atoms in total. The predicted octanol–water partition coefficient (Wildman–Crippen LogP) is 10.1. The van der Waals surface area contributed by atoms with Crippen molar-refractivity contribution in [3.8, 4) is 0 Å². The van der Waals surface area contributed by atoms with Crippen LogP contribution in [0.1, 0.15) is 134 Å². The summed E-state index contributed by atoms with van der Waals surface area (Å²) in [5.74, 6) is 0.734. The first-order chi connectivity index (χ1) is 20.3. The standard InChI is InChI=1S/2C19H34O3/c2*1-15(2)22-18(20)14-17(4)11-8-10-16(3)12-9-13-19(5,6)21-7/h2*8,11,14-16H,9-10,12-13H2,1-7H3/b2*11-8+,17-14+/t2*16-/m11/s1. The number of allylic oxidation sites excluding steroid dienone is 6. The summed E-state index contributed by atoms with van der Waals surface area (Å²) in [6, 6.07) is 0. The van der Waals surface area contributed by atoms with Gasteiger partial charge >= 0.3 is 11.9 Å². The fraction of sp³-hybridized carbons (Fsp3) is 0.737. The number of ether oxygens (including phenoxy) is 4. The first-order valence-electron chi connectivity index (χ1n) is 16.5. The quantitative estimate of drug-likeness (QED) is 0.0766. The summed E-state index contributed by atoms with van der Waals surface area (Å²) < 4.78 is 21.0. The van der Waals surface area contributed by atoms with Gasteiger partial charge in [-0.3, -0.25) is 0 Å². The lowest BCUT2D eigenvalue weighted by Crippen LogP contribution is -2.22. The van der Waals surface area contributed by atoms with E-state index in [2.05, 4.69) is 53.7 Å². The minimum absolute atomic E-state index is 0.0222. The minimum Gasteiger partial charge on any atom is -0.460 e. The van der Waals surface area contributed by atoms with E-state index in [0.717, 1.165) is 36.8 Å². The van der Waals surface area contributed by atoms with Crippen LogP contribution in [0.15, 0.2) is 47.6 Å². The Balaban J connectivity index is 0. The van der Waals surface area contributed by atoms with E-state index in [9.17, 15) is 9.59 Å². The van der Waals surface area contributed by atoms with Gasteiger partial charge in [-0.05, 0) is 118 Å². The normalized spacial score (nSPS) is 14.6. The van der Waals surface area contributed by atoms with Crippen molar-refractivity contribution < 1.29 is 28.5 Å². The molecule has 0 fully saturated rings. The molecule has 0 aliphatic heterocycles. The van der Waals surface area contributed by atoms with Crippen LogP contribution in [0.25, 0.3) is 0 Å². The molecule has 6 heteroatoms. The van der Waals surface area contributed by atoms with Gasteiger partial charge in [0, 0.05) is 26.4 Å². The highest BCUT2D eigenvalue weighted by Crippen LogP contribution is 2.22. The van der Waals surface area contributed by atoms with Gasteiger partial charge in [0.15, 0.2) is 0 Å². The van der Waals surface area contributed by atoms with Gasteiger partial charge in [0.2, 0.25) is 0 Å². The molecule has 0 unspecified atom stereocenters. The second-order valence-corrected chi connectivity index (χ2v) is 13.9. The summed E-state index contributed by atoms with van der Waals surface area (Å²) in [5.41, 5.74) is 1.81. The van der Waals surface area contributed by atoms with Crippen molar-refractivity contribution in [2.24, 2.45) is 11.8 Å². The molecule has 0 heterocycles. The summed E-state index contributed by atoms with van der Waals surface area (Å²) in [6.07, 6.45) is 20.2. The van der Waals surface area contributed by atoms with Crippen molar-refractivity contribution >= 4 is 11.9 Å². The van der Waals surface area contributed by atoms with Crippen LogP contribution < -0.4 is 0 Å². The van der Waals surface area contributed by atoms with Crippen LogP contribution in [-0.2, 0) is 28.5 Å². The van der Waals surface area contributed by atoms with E-state index in [-0.39, 0.29) is 35.3 Å². The molecule has 0 aromatic carbocycles. The Morgan fingerprint density at radius 3 is 1.20 bits per heavy atom. The smallest absolute Gasteiger partial charge is 0.331 e. The highest BCUT2D eigenvalue weighted by molar-refractivity contribution is 5.83. The molecule has 0 rings (SSSR count). The Labute approximate surface area is 271 Å². The number of methoxy groups -OCH3 is 2. The van der Waals surface area contributed by atoms with Crippen molar-refractivity contribution in [1.82, 2.24) is 0 Å². The maximum atomic E-state index is 11.5. The van der Waals surface area contributed by atoms with Crippen molar-refractivity contribution in [1.29, 1.82) is 0 Å². The zero-order valence-electron chi connectivity index (χ0n) is 30.9. The molecule has 0 aliphatic rings. The van der Waals surface area contributed by atoms with Crippen LogP contribution in [0.2, 0.25) is 0 Å². The molecule has 44 heavy (non-hydrogen) atoms. The topological polar surface area (TPSA) is 71.1 Å². The second kappa shape index (κ2) is 24.1. The zero-order chi connectivity index (χ0) is 34.3. The van der Waals surface area contributed by atoms with Gasteiger partial charge in [0.1, 0.15) is 0 Å². The first kappa shape index (κ1) is 43.9. The second-order valence-electron chi connectivity index (χ2n) is 13.9. The van der Waals surface area contributed by atoms with Crippen LogP contribution in [0, 0.1) is 11.8 Å². The number of carbonyl (C=O) groups is 2. The van der Waals surface area contributed by atoms with E-state index in [1.54, 1.807) is 26.4 Å². The lowest BCUT2D eigenvalue weighted by molar-refractivity contribution is -0.142. The van der Waals surface area contributed by atoms with Crippen molar-refractivity contribution in [3.63, 3.8) is 0 Å². The van der Waals surface area contributed by atoms with E-state index < -0.39 is 0 Å². The van der Waals surface area contributed by atoms with Gasteiger partial charge in [0.05, 0.1) is 23.4 Å². The minimum atomic E-state index is -0.271. The first-order valence-corrected chi connectivity index (χ1v) is 16.5. The van der Waals surface area contributed by atoms with Crippen LogP contribution in [0.5, 0.6) is 0 Å². The van der Waals surface area contributed by atoms with Gasteiger partial charge < -0.3 is 18.9 Å². The maximum absolute atomic E-state index is 11.5. The summed E-state index contributed by atoms with van der Waals surface area (Å²) in [5, 5.41) is 0. The van der Waals surface area contributed by atoms with Gasteiger partial charge in [-0.1, -0.05) is 63.8 Å². The molecule has 0 aromatic rings. The van der Waals surface area contributed by atoms with E-state index in [0.29, 0.717) is 11.8 Å². The van der Waals surface area contributed by atoms with Gasteiger partial charge in [-0.2, -0.15) is 0 Å². The molecule has 0 aliphatic carbocycles. The molecule has 256 valence electrons. The number of carbonyl (C=O) groups excluding carboxylic acids is 2. The van der Waals surface area contributed by atoms with Gasteiger partial charge in [0.25, 0.3) is 0 Å². The Hall–Kier alpha value is -2.18. The van der Waals surface area contributed by atoms with Crippen LogP contribution in [-0.4, -0.2) is 49.6 Å². The highest BCUT2D eigenvalue weighted by atomic mass is 16.5. The Morgan fingerprint density at radius 2 is 0.932 bits per heavy atom. The Bertz CT molecular complexity index is 830. The van der Waals surface area contributed by atoms with Crippen LogP contribution in [0.3, 0.4) is 0 Å². The lowest BCUT2D eigenvalue weighted by atomic mass is 9.95. The monoisotopic (exact) mass is 621 g/mol. The summed E-state index contributed by atoms with van der Waals surface area (Å²) in [6.45, 7) is 24.3. The summed E-state index contributed by atoms with van der Waals surface area (Å²) >= 11 is 0. The Kier molecular flexibility index (Phi) is 24.1. The summed E-state index contributed by atoms with van der Waals surface area (Å²) in [7, 11) is 3.54. The molecular formula is C38H68O6. The van der Waals surface area contributed by atoms with E-state index in [1.165, 1.54) is 25.7 Å². The third-order valence-electron chi connectivity index (χ3n) is 7.29. The molecular weight excluding hydrogens is 552 g/mol. The number of rotatable bonds is 20. The number of hydrogen-bond donors (Lipinski definition) is 0. The van der Waals surface area contributed by atoms with E-state index >= 15 is 0 Å². The maximum Gasteiger partial charge on any atom is 0.331 e.